The molecule has 3 rings (SSSR count). The van der Waals surface area contributed by atoms with Gasteiger partial charge in [-0.2, -0.15) is 0 Å². The number of aromatic hydroxyl groups is 1. The summed E-state index contributed by atoms with van der Waals surface area (Å²) in [6.07, 6.45) is 0. The summed E-state index contributed by atoms with van der Waals surface area (Å²) in [5.74, 6) is 0.808. The highest BCUT2D eigenvalue weighted by molar-refractivity contribution is 9.10. The third-order valence-corrected chi connectivity index (χ3v) is 4.37. The molecule has 1 N–H and O–H groups in total. The minimum Gasteiger partial charge on any atom is -0.507 e. The Balaban J connectivity index is 2.20. The normalized spacial score (nSPS) is 11.2. The molecule has 3 aromatic carbocycles. The van der Waals surface area contributed by atoms with E-state index < -0.39 is 0 Å². The van der Waals surface area contributed by atoms with Crippen molar-refractivity contribution in [1.82, 2.24) is 0 Å². The molecule has 3 aromatic rings. The lowest BCUT2D eigenvalue weighted by atomic mass is 9.95. The standard InChI is InChI=1S/C19H17BrO/c1-12(2)15-4-3-14-7-10-17(19(21)18(14)11-15)13-5-8-16(20)9-6-13/h3-12,21H,1-2H3. The molecule has 0 bridgehead atoms. The lowest BCUT2D eigenvalue weighted by Crippen LogP contribution is -1.88. The van der Waals surface area contributed by atoms with Gasteiger partial charge in [0.2, 0.25) is 0 Å². The summed E-state index contributed by atoms with van der Waals surface area (Å²) in [6.45, 7) is 4.33. The van der Waals surface area contributed by atoms with Gasteiger partial charge in [-0.3, -0.25) is 0 Å². The van der Waals surface area contributed by atoms with Crippen molar-refractivity contribution in [1.29, 1.82) is 0 Å². The molecule has 0 aliphatic heterocycles. The molecule has 21 heavy (non-hydrogen) atoms. The number of fused-ring (bicyclic) bond motifs is 1. The van der Waals surface area contributed by atoms with Crippen molar-refractivity contribution in [3.05, 3.63) is 64.6 Å². The summed E-state index contributed by atoms with van der Waals surface area (Å²) in [5, 5.41) is 12.7. The predicted octanol–water partition coefficient (Wildman–Crippen LogP) is 6.10. The van der Waals surface area contributed by atoms with Crippen LogP contribution in [-0.2, 0) is 0 Å². The van der Waals surface area contributed by atoms with Crippen LogP contribution in [0.15, 0.2) is 59.1 Å². The molecule has 0 unspecified atom stereocenters. The van der Waals surface area contributed by atoms with Crippen molar-refractivity contribution in [2.24, 2.45) is 0 Å². The molecule has 2 heteroatoms. The second kappa shape index (κ2) is 5.53. The highest BCUT2D eigenvalue weighted by atomic mass is 79.9. The first-order valence-electron chi connectivity index (χ1n) is 7.08. The molecule has 1 nitrogen and oxygen atoms in total. The first kappa shape index (κ1) is 14.2. The number of phenols is 1. The van der Waals surface area contributed by atoms with Gasteiger partial charge in [0.1, 0.15) is 5.75 Å². The van der Waals surface area contributed by atoms with E-state index in [-0.39, 0.29) is 0 Å². The van der Waals surface area contributed by atoms with Gasteiger partial charge in [0.25, 0.3) is 0 Å². The van der Waals surface area contributed by atoms with Crippen LogP contribution in [0.3, 0.4) is 0 Å². The number of benzene rings is 3. The minimum absolute atomic E-state index is 0.359. The van der Waals surface area contributed by atoms with E-state index in [0.717, 1.165) is 26.4 Å². The van der Waals surface area contributed by atoms with Crippen molar-refractivity contribution >= 4 is 26.7 Å². The summed E-state index contributed by atoms with van der Waals surface area (Å²) in [6, 6.07) is 18.4. The van der Waals surface area contributed by atoms with Crippen LogP contribution >= 0.6 is 15.9 Å². The predicted molar refractivity (Wildman–Crippen MR) is 92.8 cm³/mol. The molecule has 0 saturated carbocycles. The molecular formula is C19H17BrO. The van der Waals surface area contributed by atoms with Crippen LogP contribution in [0.4, 0.5) is 0 Å². The van der Waals surface area contributed by atoms with Crippen LogP contribution in [0.1, 0.15) is 25.3 Å². The second-order valence-corrected chi connectivity index (χ2v) is 6.52. The Labute approximate surface area is 133 Å². The average molecular weight is 341 g/mol. The SMILES string of the molecule is CC(C)c1ccc2ccc(-c3ccc(Br)cc3)c(O)c2c1. The molecule has 0 aliphatic carbocycles. The first-order valence-corrected chi connectivity index (χ1v) is 7.87. The van der Waals surface area contributed by atoms with Crippen LogP contribution in [0.25, 0.3) is 21.9 Å². The van der Waals surface area contributed by atoms with E-state index in [4.69, 9.17) is 0 Å². The molecule has 0 heterocycles. The van der Waals surface area contributed by atoms with Crippen molar-refractivity contribution in [2.75, 3.05) is 0 Å². The Bertz CT molecular complexity index is 789. The lowest BCUT2D eigenvalue weighted by Gasteiger charge is -2.11. The third-order valence-electron chi connectivity index (χ3n) is 3.84. The fraction of sp³-hybridized carbons (Fsp3) is 0.158. The van der Waals surface area contributed by atoms with E-state index >= 15 is 0 Å². The fourth-order valence-electron chi connectivity index (χ4n) is 2.54. The Kier molecular flexibility index (Phi) is 3.73. The number of hydrogen-bond acceptors (Lipinski definition) is 1. The van der Waals surface area contributed by atoms with E-state index in [1.54, 1.807) is 0 Å². The molecule has 0 fully saturated rings. The van der Waals surface area contributed by atoms with Gasteiger partial charge in [0.15, 0.2) is 0 Å². The van der Waals surface area contributed by atoms with Crippen LogP contribution in [0.5, 0.6) is 5.75 Å². The first-order chi connectivity index (χ1) is 10.1. The molecule has 106 valence electrons. The minimum atomic E-state index is 0.359. The summed E-state index contributed by atoms with van der Waals surface area (Å²) >= 11 is 3.44. The number of halogens is 1. The van der Waals surface area contributed by atoms with Gasteiger partial charge >= 0.3 is 0 Å². The van der Waals surface area contributed by atoms with Gasteiger partial charge in [-0.25, -0.2) is 0 Å². The van der Waals surface area contributed by atoms with Crippen molar-refractivity contribution in [3.63, 3.8) is 0 Å². The number of hydrogen-bond donors (Lipinski definition) is 1. The zero-order chi connectivity index (χ0) is 15.0. The Hall–Kier alpha value is -1.80. The summed E-state index contributed by atoms with van der Waals surface area (Å²) in [7, 11) is 0. The molecular weight excluding hydrogens is 324 g/mol. The van der Waals surface area contributed by atoms with E-state index in [1.165, 1.54) is 5.56 Å². The zero-order valence-electron chi connectivity index (χ0n) is 12.1. The Morgan fingerprint density at radius 2 is 1.57 bits per heavy atom. The summed E-state index contributed by atoms with van der Waals surface area (Å²) < 4.78 is 1.04. The smallest absolute Gasteiger partial charge is 0.131 e. The maximum absolute atomic E-state index is 10.7. The zero-order valence-corrected chi connectivity index (χ0v) is 13.7. The fourth-order valence-corrected chi connectivity index (χ4v) is 2.81. The quantitative estimate of drug-likeness (QED) is 0.597. The molecule has 0 saturated heterocycles. The van der Waals surface area contributed by atoms with Crippen LogP contribution in [-0.4, -0.2) is 5.11 Å². The molecule has 0 atom stereocenters. The highest BCUT2D eigenvalue weighted by Crippen LogP contribution is 2.37. The van der Waals surface area contributed by atoms with E-state index in [9.17, 15) is 5.11 Å². The maximum atomic E-state index is 10.7. The Morgan fingerprint density at radius 1 is 0.905 bits per heavy atom. The van der Waals surface area contributed by atoms with Crippen molar-refractivity contribution < 1.29 is 5.11 Å². The van der Waals surface area contributed by atoms with Crippen LogP contribution < -0.4 is 0 Å². The van der Waals surface area contributed by atoms with Gasteiger partial charge in [-0.05, 0) is 40.6 Å². The van der Waals surface area contributed by atoms with Crippen LogP contribution in [0, 0.1) is 0 Å². The topological polar surface area (TPSA) is 20.2 Å². The largest absolute Gasteiger partial charge is 0.507 e. The molecule has 0 aromatic heterocycles. The monoisotopic (exact) mass is 340 g/mol. The van der Waals surface area contributed by atoms with Gasteiger partial charge in [-0.15, -0.1) is 0 Å². The molecule has 0 aliphatic rings. The summed E-state index contributed by atoms with van der Waals surface area (Å²) in [5.41, 5.74) is 3.13. The summed E-state index contributed by atoms with van der Waals surface area (Å²) in [4.78, 5) is 0. The maximum Gasteiger partial charge on any atom is 0.131 e. The highest BCUT2D eigenvalue weighted by Gasteiger charge is 2.10. The van der Waals surface area contributed by atoms with E-state index in [1.807, 2.05) is 30.3 Å². The lowest BCUT2D eigenvalue weighted by molar-refractivity contribution is 0.483. The third kappa shape index (κ3) is 2.68. The van der Waals surface area contributed by atoms with Gasteiger partial charge in [0, 0.05) is 15.4 Å². The molecule has 0 spiro atoms. The van der Waals surface area contributed by atoms with Crippen LogP contribution in [0.2, 0.25) is 0 Å². The Morgan fingerprint density at radius 3 is 2.24 bits per heavy atom. The van der Waals surface area contributed by atoms with Crippen molar-refractivity contribution in [3.8, 4) is 16.9 Å². The second-order valence-electron chi connectivity index (χ2n) is 5.60. The van der Waals surface area contributed by atoms with Crippen molar-refractivity contribution in [2.45, 2.75) is 19.8 Å². The number of rotatable bonds is 2. The van der Waals surface area contributed by atoms with Gasteiger partial charge in [0.05, 0.1) is 0 Å². The van der Waals surface area contributed by atoms with E-state index in [0.29, 0.717) is 11.7 Å². The molecule has 0 amide bonds. The van der Waals surface area contributed by atoms with Gasteiger partial charge in [-0.1, -0.05) is 66.2 Å². The van der Waals surface area contributed by atoms with E-state index in [2.05, 4.69) is 54.0 Å². The van der Waals surface area contributed by atoms with Gasteiger partial charge < -0.3 is 5.11 Å². The average Bonchev–Trinajstić information content (AvgIpc) is 2.48. The molecule has 0 radical (unpaired) electrons. The number of phenolic OH excluding ortho intramolecular Hbond substituents is 1.